The zero-order chi connectivity index (χ0) is 22.2. The Morgan fingerprint density at radius 2 is 1.91 bits per heavy atom. The van der Waals surface area contributed by atoms with Crippen LogP contribution in [0.1, 0.15) is 16.1 Å². The molecular weight excluding hydrogens is 434 g/mol. The third kappa shape index (κ3) is 3.58. The second kappa shape index (κ2) is 8.05. The Bertz CT molecular complexity index is 1450. The summed E-state index contributed by atoms with van der Waals surface area (Å²) in [6, 6.07) is 18.3. The van der Waals surface area contributed by atoms with Crippen LogP contribution in [0.3, 0.4) is 0 Å². The van der Waals surface area contributed by atoms with Gasteiger partial charge < -0.3 is 9.15 Å². The predicted molar refractivity (Wildman–Crippen MR) is 119 cm³/mol. The van der Waals surface area contributed by atoms with E-state index in [9.17, 15) is 13.6 Å². The zero-order valence-electron chi connectivity index (χ0n) is 16.8. The maximum Gasteiger partial charge on any atom is 0.296 e. The van der Waals surface area contributed by atoms with Crippen molar-refractivity contribution in [3.63, 3.8) is 0 Å². The second-order valence-electron chi connectivity index (χ2n) is 7.10. The summed E-state index contributed by atoms with van der Waals surface area (Å²) in [5.41, 5.74) is 1.32. The summed E-state index contributed by atoms with van der Waals surface area (Å²) in [6.07, 6.45) is 0. The van der Waals surface area contributed by atoms with Gasteiger partial charge in [-0.3, -0.25) is 9.69 Å². The fraction of sp³-hybridized carbons (Fsp3) is 0.0833. The largest absolute Gasteiger partial charge is 0.493 e. The minimum atomic E-state index is -0.775. The highest BCUT2D eigenvalue weighted by molar-refractivity contribution is 7.22. The van der Waals surface area contributed by atoms with Gasteiger partial charge in [-0.2, -0.15) is 0 Å². The molecule has 160 valence electrons. The molecule has 0 spiro atoms. The lowest BCUT2D eigenvalue weighted by Gasteiger charge is -2.18. The standard InChI is InChI=1S/C24H16F2N2O3S/c1-30-18-9-5-8-15-10-19(31-22(15)18)23(29)28(13-14-6-3-2-4-7-14)24-27-21-17(26)11-16(25)12-20(21)32-24/h2-12H,13H2,1H3. The molecule has 0 saturated carbocycles. The van der Waals surface area contributed by atoms with Gasteiger partial charge in [0, 0.05) is 11.5 Å². The molecular formula is C24H16F2N2O3S. The molecule has 0 unspecified atom stereocenters. The number of nitrogens with zero attached hydrogens (tertiary/aromatic N) is 2. The molecule has 5 rings (SSSR count). The summed E-state index contributed by atoms with van der Waals surface area (Å²) in [6.45, 7) is 0.178. The minimum Gasteiger partial charge on any atom is -0.493 e. The van der Waals surface area contributed by atoms with Gasteiger partial charge in [-0.25, -0.2) is 13.8 Å². The van der Waals surface area contributed by atoms with Crippen LogP contribution in [0.25, 0.3) is 21.2 Å². The van der Waals surface area contributed by atoms with Crippen molar-refractivity contribution in [2.45, 2.75) is 6.54 Å². The number of amides is 1. The first-order chi connectivity index (χ1) is 15.5. The molecule has 0 N–H and O–H groups in total. The molecule has 0 aliphatic carbocycles. The smallest absolute Gasteiger partial charge is 0.296 e. The lowest BCUT2D eigenvalue weighted by Crippen LogP contribution is -2.30. The number of rotatable bonds is 5. The molecule has 5 nitrogen and oxygen atoms in total. The van der Waals surface area contributed by atoms with Gasteiger partial charge in [-0.05, 0) is 23.8 Å². The number of hydrogen-bond acceptors (Lipinski definition) is 5. The first-order valence-corrected chi connectivity index (χ1v) is 10.5. The van der Waals surface area contributed by atoms with Crippen molar-refractivity contribution in [2.75, 3.05) is 12.0 Å². The fourth-order valence-electron chi connectivity index (χ4n) is 3.49. The molecule has 5 aromatic rings. The van der Waals surface area contributed by atoms with Gasteiger partial charge >= 0.3 is 0 Å². The van der Waals surface area contributed by atoms with Gasteiger partial charge in [0.1, 0.15) is 11.3 Å². The molecule has 0 bridgehead atoms. The van der Waals surface area contributed by atoms with Crippen LogP contribution < -0.4 is 9.64 Å². The average Bonchev–Trinajstić information content (AvgIpc) is 3.42. The van der Waals surface area contributed by atoms with Crippen LogP contribution in [0.15, 0.2) is 71.1 Å². The molecule has 2 heterocycles. The Morgan fingerprint density at radius 3 is 2.69 bits per heavy atom. The van der Waals surface area contributed by atoms with E-state index in [2.05, 4.69) is 4.98 Å². The molecule has 8 heteroatoms. The maximum absolute atomic E-state index is 14.3. The van der Waals surface area contributed by atoms with Crippen LogP contribution in [0, 0.1) is 11.6 Å². The molecule has 2 aromatic heterocycles. The van der Waals surface area contributed by atoms with E-state index >= 15 is 0 Å². The number of aromatic nitrogens is 1. The van der Waals surface area contributed by atoms with Gasteiger partial charge in [-0.1, -0.05) is 53.8 Å². The third-order valence-corrected chi connectivity index (χ3v) is 6.03. The van der Waals surface area contributed by atoms with Gasteiger partial charge in [0.05, 0.1) is 18.4 Å². The summed E-state index contributed by atoms with van der Waals surface area (Å²) in [5, 5.41) is 0.954. The lowest BCUT2D eigenvalue weighted by molar-refractivity contribution is 0.0960. The van der Waals surface area contributed by atoms with Crippen molar-refractivity contribution in [2.24, 2.45) is 0 Å². The number of methoxy groups -OCH3 is 1. The molecule has 0 atom stereocenters. The quantitative estimate of drug-likeness (QED) is 0.321. The molecule has 0 fully saturated rings. The zero-order valence-corrected chi connectivity index (χ0v) is 17.7. The Balaban J connectivity index is 1.61. The second-order valence-corrected chi connectivity index (χ2v) is 8.11. The minimum absolute atomic E-state index is 0.0172. The molecule has 0 aliphatic rings. The Kier molecular flexibility index (Phi) is 5.07. The monoisotopic (exact) mass is 450 g/mol. The molecule has 0 radical (unpaired) electrons. The first-order valence-electron chi connectivity index (χ1n) is 9.71. The molecule has 1 amide bonds. The Morgan fingerprint density at radius 1 is 1.09 bits per heavy atom. The predicted octanol–water partition coefficient (Wildman–Crippen LogP) is 6.18. The van der Waals surface area contributed by atoms with Crippen LogP contribution in [0.2, 0.25) is 0 Å². The number of fused-ring (bicyclic) bond motifs is 2. The normalized spacial score (nSPS) is 11.2. The number of para-hydroxylation sites is 1. The van der Waals surface area contributed by atoms with E-state index in [0.717, 1.165) is 23.0 Å². The van der Waals surface area contributed by atoms with Crippen LogP contribution in [-0.4, -0.2) is 18.0 Å². The topological polar surface area (TPSA) is 55.6 Å². The van der Waals surface area contributed by atoms with E-state index in [1.807, 2.05) is 36.4 Å². The summed E-state index contributed by atoms with van der Waals surface area (Å²) in [5.74, 6) is -1.33. The van der Waals surface area contributed by atoms with E-state index < -0.39 is 17.5 Å². The maximum atomic E-state index is 14.3. The van der Waals surface area contributed by atoms with Crippen LogP contribution in [0.5, 0.6) is 5.75 Å². The fourth-order valence-corrected chi connectivity index (χ4v) is 4.49. The summed E-state index contributed by atoms with van der Waals surface area (Å²) in [4.78, 5) is 19.2. The van der Waals surface area contributed by atoms with Crippen molar-refractivity contribution in [3.8, 4) is 5.75 Å². The number of hydrogen-bond donors (Lipinski definition) is 0. The van der Waals surface area contributed by atoms with Crippen LogP contribution >= 0.6 is 11.3 Å². The lowest BCUT2D eigenvalue weighted by atomic mass is 10.2. The number of carbonyl (C=O) groups is 1. The summed E-state index contributed by atoms with van der Waals surface area (Å²) in [7, 11) is 1.52. The number of carbonyl (C=O) groups excluding carboxylic acids is 1. The van der Waals surface area contributed by atoms with Crippen LogP contribution in [0.4, 0.5) is 13.9 Å². The number of benzene rings is 3. The molecule has 0 saturated heterocycles. The SMILES string of the molecule is COc1cccc2cc(C(=O)N(Cc3ccccc3)c3nc4c(F)cc(F)cc4s3)oc12. The molecule has 0 aliphatic heterocycles. The van der Waals surface area contributed by atoms with Crippen molar-refractivity contribution in [1.82, 2.24) is 4.98 Å². The average molecular weight is 450 g/mol. The van der Waals surface area contributed by atoms with E-state index in [4.69, 9.17) is 9.15 Å². The summed E-state index contributed by atoms with van der Waals surface area (Å²) >= 11 is 1.04. The van der Waals surface area contributed by atoms with E-state index in [-0.39, 0.29) is 23.0 Å². The highest BCUT2D eigenvalue weighted by Gasteiger charge is 2.26. The van der Waals surface area contributed by atoms with Gasteiger partial charge in [0.2, 0.25) is 0 Å². The first kappa shape index (κ1) is 20.1. The van der Waals surface area contributed by atoms with Crippen LogP contribution in [-0.2, 0) is 6.54 Å². The van der Waals surface area contributed by atoms with Crippen molar-refractivity contribution in [3.05, 3.63) is 89.7 Å². The molecule has 32 heavy (non-hydrogen) atoms. The number of furan rings is 1. The number of thiazole rings is 1. The van der Waals surface area contributed by atoms with Crippen molar-refractivity contribution in [1.29, 1.82) is 0 Å². The number of ether oxygens (including phenoxy) is 1. The van der Waals surface area contributed by atoms with Gasteiger partial charge in [-0.15, -0.1) is 0 Å². The highest BCUT2D eigenvalue weighted by Crippen LogP contribution is 2.34. The highest BCUT2D eigenvalue weighted by atomic mass is 32.1. The Labute approximate surface area is 185 Å². The Hall–Kier alpha value is -3.78. The number of halogens is 2. The van der Waals surface area contributed by atoms with Crippen molar-refractivity contribution >= 4 is 43.6 Å². The number of anilines is 1. The van der Waals surface area contributed by atoms with Crippen molar-refractivity contribution < 1.29 is 22.7 Å². The van der Waals surface area contributed by atoms with E-state index in [1.165, 1.54) is 18.1 Å². The van der Waals surface area contributed by atoms with E-state index in [0.29, 0.717) is 21.4 Å². The molecule has 3 aromatic carbocycles. The van der Waals surface area contributed by atoms with E-state index in [1.54, 1.807) is 18.2 Å². The third-order valence-electron chi connectivity index (χ3n) is 5.00. The van der Waals surface area contributed by atoms with Gasteiger partial charge in [0.25, 0.3) is 5.91 Å². The summed E-state index contributed by atoms with van der Waals surface area (Å²) < 4.78 is 39.4. The van der Waals surface area contributed by atoms with Gasteiger partial charge in [0.15, 0.2) is 28.0 Å².